The van der Waals surface area contributed by atoms with Crippen LogP contribution < -0.4 is 5.32 Å². The van der Waals surface area contributed by atoms with Crippen LogP contribution in [0.25, 0.3) is 0 Å². The van der Waals surface area contributed by atoms with E-state index in [2.05, 4.69) is 5.32 Å². The molecule has 0 fully saturated rings. The second-order valence-electron chi connectivity index (χ2n) is 4.58. The molecule has 0 radical (unpaired) electrons. The maximum Gasteiger partial charge on any atom is 0.341 e. The number of carbonyl (C=O) groups excluding carboxylic acids is 2. The number of thiophene rings is 1. The fraction of sp³-hybridized carbons (Fsp3) is 0.143. The maximum absolute atomic E-state index is 12.0. The standard InChI is InChI=1S/C14H10Cl2N2O5S/c1-7(23-14(20)10-6-11(15)24-12(10)16)13(19)17-8-3-2-4-9(5-8)18(21)22/h2-7H,1H3,(H,17,19). The molecule has 2 rings (SSSR count). The summed E-state index contributed by atoms with van der Waals surface area (Å²) >= 11 is 12.6. The number of hydrogen-bond acceptors (Lipinski definition) is 6. The second-order valence-corrected chi connectivity index (χ2v) is 6.87. The van der Waals surface area contributed by atoms with Gasteiger partial charge in [-0.25, -0.2) is 4.79 Å². The lowest BCUT2D eigenvalue weighted by molar-refractivity contribution is -0.384. The van der Waals surface area contributed by atoms with Crippen LogP contribution in [0.3, 0.4) is 0 Å². The van der Waals surface area contributed by atoms with Crippen molar-refractivity contribution in [3.05, 3.63) is 54.7 Å². The first kappa shape index (κ1) is 18.2. The van der Waals surface area contributed by atoms with Crippen molar-refractivity contribution in [1.29, 1.82) is 0 Å². The number of nitrogens with one attached hydrogen (secondary N) is 1. The van der Waals surface area contributed by atoms with Gasteiger partial charge in [0, 0.05) is 17.8 Å². The Morgan fingerprint density at radius 1 is 1.33 bits per heavy atom. The van der Waals surface area contributed by atoms with E-state index in [4.69, 9.17) is 27.9 Å². The molecule has 1 atom stereocenters. The number of hydrogen-bond donors (Lipinski definition) is 1. The van der Waals surface area contributed by atoms with E-state index in [0.717, 1.165) is 11.3 Å². The summed E-state index contributed by atoms with van der Waals surface area (Å²) in [7, 11) is 0. The fourth-order valence-electron chi connectivity index (χ4n) is 1.70. The molecule has 1 heterocycles. The van der Waals surface area contributed by atoms with Crippen molar-refractivity contribution >= 4 is 57.8 Å². The Morgan fingerprint density at radius 2 is 2.04 bits per heavy atom. The van der Waals surface area contributed by atoms with Gasteiger partial charge in [0.2, 0.25) is 0 Å². The maximum atomic E-state index is 12.0. The lowest BCUT2D eigenvalue weighted by Gasteiger charge is -2.13. The van der Waals surface area contributed by atoms with E-state index in [1.165, 1.54) is 37.3 Å². The molecule has 1 amide bonds. The number of amides is 1. The molecule has 126 valence electrons. The normalized spacial score (nSPS) is 11.6. The first-order valence-corrected chi connectivity index (χ1v) is 8.06. The van der Waals surface area contributed by atoms with Crippen molar-refractivity contribution in [2.75, 3.05) is 5.32 Å². The van der Waals surface area contributed by atoms with Crippen molar-refractivity contribution in [3.63, 3.8) is 0 Å². The molecule has 1 aromatic heterocycles. The molecule has 1 aromatic carbocycles. The van der Waals surface area contributed by atoms with Gasteiger partial charge in [0.1, 0.15) is 4.34 Å². The molecule has 1 N–H and O–H groups in total. The Labute approximate surface area is 150 Å². The lowest BCUT2D eigenvalue weighted by Crippen LogP contribution is -2.30. The van der Waals surface area contributed by atoms with Crippen LogP contribution in [0.4, 0.5) is 11.4 Å². The molecular weight excluding hydrogens is 379 g/mol. The van der Waals surface area contributed by atoms with Crippen LogP contribution in [0.15, 0.2) is 30.3 Å². The summed E-state index contributed by atoms with van der Waals surface area (Å²) in [6.07, 6.45) is -1.13. The van der Waals surface area contributed by atoms with E-state index in [9.17, 15) is 19.7 Å². The fourth-order valence-corrected chi connectivity index (χ4v) is 3.14. The number of non-ortho nitro benzene ring substituents is 1. The number of carbonyl (C=O) groups is 2. The number of anilines is 1. The third-order valence-electron chi connectivity index (χ3n) is 2.85. The molecule has 0 aliphatic carbocycles. The number of nitro benzene ring substituents is 1. The monoisotopic (exact) mass is 388 g/mol. The number of nitrogens with zero attached hydrogens (tertiary/aromatic N) is 1. The van der Waals surface area contributed by atoms with E-state index < -0.39 is 22.9 Å². The summed E-state index contributed by atoms with van der Waals surface area (Å²) in [6.45, 7) is 1.37. The quantitative estimate of drug-likeness (QED) is 0.471. The zero-order chi connectivity index (χ0) is 17.9. The largest absolute Gasteiger partial charge is 0.449 e. The molecule has 0 bridgehead atoms. The van der Waals surface area contributed by atoms with Crippen molar-refractivity contribution in [2.24, 2.45) is 0 Å². The summed E-state index contributed by atoms with van der Waals surface area (Å²) < 4.78 is 5.50. The van der Waals surface area contributed by atoms with E-state index in [0.29, 0.717) is 4.34 Å². The summed E-state index contributed by atoms with van der Waals surface area (Å²) in [5.41, 5.74) is 0.118. The van der Waals surface area contributed by atoms with Gasteiger partial charge in [0.05, 0.1) is 14.8 Å². The van der Waals surface area contributed by atoms with Gasteiger partial charge in [0.15, 0.2) is 6.10 Å². The highest BCUT2D eigenvalue weighted by Crippen LogP contribution is 2.31. The van der Waals surface area contributed by atoms with Gasteiger partial charge in [-0.15, -0.1) is 11.3 Å². The minimum atomic E-state index is -1.13. The zero-order valence-electron chi connectivity index (χ0n) is 12.1. The van der Waals surface area contributed by atoms with Crippen LogP contribution >= 0.6 is 34.5 Å². The van der Waals surface area contributed by atoms with E-state index in [1.807, 2.05) is 0 Å². The van der Waals surface area contributed by atoms with Gasteiger partial charge in [-0.1, -0.05) is 29.3 Å². The number of rotatable bonds is 5. The molecular formula is C14H10Cl2N2O5S. The first-order chi connectivity index (χ1) is 11.3. The molecule has 0 saturated heterocycles. The van der Waals surface area contributed by atoms with Crippen molar-refractivity contribution < 1.29 is 19.2 Å². The number of ether oxygens (including phenoxy) is 1. The molecule has 0 saturated carbocycles. The second kappa shape index (κ2) is 7.61. The lowest BCUT2D eigenvalue weighted by atomic mass is 10.2. The van der Waals surface area contributed by atoms with Gasteiger partial charge in [-0.05, 0) is 19.1 Å². The number of nitro groups is 1. The topological polar surface area (TPSA) is 98.5 Å². The van der Waals surface area contributed by atoms with Gasteiger partial charge in [-0.2, -0.15) is 0 Å². The molecule has 0 aliphatic heterocycles. The predicted octanol–water partition coefficient (Wildman–Crippen LogP) is 4.15. The predicted molar refractivity (Wildman–Crippen MR) is 90.9 cm³/mol. The Morgan fingerprint density at radius 3 is 2.62 bits per heavy atom. The highest BCUT2D eigenvalue weighted by molar-refractivity contribution is 7.20. The molecule has 2 aromatic rings. The summed E-state index contributed by atoms with van der Waals surface area (Å²) in [4.78, 5) is 34.1. The van der Waals surface area contributed by atoms with E-state index >= 15 is 0 Å². The van der Waals surface area contributed by atoms with Crippen LogP contribution in [0.2, 0.25) is 8.67 Å². The summed E-state index contributed by atoms with van der Waals surface area (Å²) in [5.74, 6) is -1.42. The SMILES string of the molecule is CC(OC(=O)c1cc(Cl)sc1Cl)C(=O)Nc1cccc([N+](=O)[O-])c1. The molecule has 0 aliphatic rings. The summed E-state index contributed by atoms with van der Waals surface area (Å²) in [6, 6.07) is 6.75. The Bertz CT molecular complexity index is 808. The van der Waals surface area contributed by atoms with E-state index in [1.54, 1.807) is 0 Å². The van der Waals surface area contributed by atoms with E-state index in [-0.39, 0.29) is 21.3 Å². The van der Waals surface area contributed by atoms with Crippen LogP contribution in [-0.4, -0.2) is 22.9 Å². The van der Waals surface area contributed by atoms with Crippen LogP contribution in [0, 0.1) is 10.1 Å². The molecule has 7 nitrogen and oxygen atoms in total. The van der Waals surface area contributed by atoms with Crippen LogP contribution in [0.1, 0.15) is 17.3 Å². The smallest absolute Gasteiger partial charge is 0.341 e. The van der Waals surface area contributed by atoms with Gasteiger partial charge in [-0.3, -0.25) is 14.9 Å². The van der Waals surface area contributed by atoms with Crippen molar-refractivity contribution in [3.8, 4) is 0 Å². The average Bonchev–Trinajstić information content (AvgIpc) is 2.86. The van der Waals surface area contributed by atoms with Crippen molar-refractivity contribution in [1.82, 2.24) is 0 Å². The van der Waals surface area contributed by atoms with Gasteiger partial charge < -0.3 is 10.1 Å². The van der Waals surface area contributed by atoms with Gasteiger partial charge in [0.25, 0.3) is 11.6 Å². The first-order valence-electron chi connectivity index (χ1n) is 6.49. The Kier molecular flexibility index (Phi) is 5.76. The number of halogens is 2. The third kappa shape index (κ3) is 4.44. The molecule has 10 heteroatoms. The van der Waals surface area contributed by atoms with Crippen LogP contribution in [-0.2, 0) is 9.53 Å². The highest BCUT2D eigenvalue weighted by atomic mass is 35.5. The average molecular weight is 389 g/mol. The minimum absolute atomic E-state index is 0.0710. The number of esters is 1. The Hall–Kier alpha value is -2.16. The molecule has 24 heavy (non-hydrogen) atoms. The minimum Gasteiger partial charge on any atom is -0.449 e. The van der Waals surface area contributed by atoms with Crippen LogP contribution in [0.5, 0.6) is 0 Å². The molecule has 1 unspecified atom stereocenters. The zero-order valence-corrected chi connectivity index (χ0v) is 14.4. The van der Waals surface area contributed by atoms with Crippen molar-refractivity contribution in [2.45, 2.75) is 13.0 Å². The summed E-state index contributed by atoms with van der Waals surface area (Å²) in [5, 5.41) is 13.1. The Balaban J connectivity index is 2.02. The molecule has 0 spiro atoms. The highest BCUT2D eigenvalue weighted by Gasteiger charge is 2.22. The number of benzene rings is 1. The van der Waals surface area contributed by atoms with Gasteiger partial charge >= 0.3 is 5.97 Å². The third-order valence-corrected chi connectivity index (χ3v) is 4.34.